The predicted molar refractivity (Wildman–Crippen MR) is 80.9 cm³/mol. The van der Waals surface area contributed by atoms with Gasteiger partial charge in [-0.2, -0.15) is 11.8 Å². The van der Waals surface area contributed by atoms with Gasteiger partial charge >= 0.3 is 0 Å². The van der Waals surface area contributed by atoms with Crippen LogP contribution in [0.25, 0.3) is 10.2 Å². The largest absolute Gasteiger partial charge is 0.366 e. The Morgan fingerprint density at radius 1 is 1.33 bits per heavy atom. The summed E-state index contributed by atoms with van der Waals surface area (Å²) in [6, 6.07) is 0.556. The summed E-state index contributed by atoms with van der Waals surface area (Å²) in [5, 5.41) is 7.00. The Labute approximate surface area is 115 Å². The molecule has 1 aliphatic heterocycles. The average molecular weight is 279 g/mol. The number of fused-ring (bicyclic) bond motifs is 1. The van der Waals surface area contributed by atoms with Crippen LogP contribution in [0.1, 0.15) is 24.2 Å². The molecular formula is C13H17N3S2. The highest BCUT2D eigenvalue weighted by Crippen LogP contribution is 2.31. The van der Waals surface area contributed by atoms with Gasteiger partial charge in [0.05, 0.1) is 5.39 Å². The summed E-state index contributed by atoms with van der Waals surface area (Å²) in [6.07, 6.45) is 2.55. The van der Waals surface area contributed by atoms with Crippen LogP contribution < -0.4 is 5.32 Å². The number of aromatic nitrogens is 2. The van der Waals surface area contributed by atoms with Crippen molar-refractivity contribution in [2.45, 2.75) is 32.7 Å². The molecule has 1 unspecified atom stereocenters. The maximum atomic E-state index is 4.60. The number of nitrogens with zero attached hydrogens (tertiary/aromatic N) is 2. The highest BCUT2D eigenvalue weighted by molar-refractivity contribution is 7.99. The molecule has 3 nitrogen and oxygen atoms in total. The number of anilines is 1. The summed E-state index contributed by atoms with van der Waals surface area (Å²) < 4.78 is 0. The summed E-state index contributed by atoms with van der Waals surface area (Å²) in [5.41, 5.74) is 1.28. The minimum Gasteiger partial charge on any atom is -0.366 e. The van der Waals surface area contributed by atoms with Gasteiger partial charge < -0.3 is 5.32 Å². The van der Waals surface area contributed by atoms with Crippen molar-refractivity contribution in [3.8, 4) is 0 Å². The van der Waals surface area contributed by atoms with Crippen molar-refractivity contribution in [2.24, 2.45) is 0 Å². The number of rotatable bonds is 2. The molecule has 3 heterocycles. The molecule has 1 atom stereocenters. The van der Waals surface area contributed by atoms with E-state index in [2.05, 4.69) is 27.6 Å². The van der Waals surface area contributed by atoms with Crippen LogP contribution in [0, 0.1) is 13.8 Å². The Morgan fingerprint density at radius 2 is 2.22 bits per heavy atom. The van der Waals surface area contributed by atoms with Crippen LogP contribution in [0.15, 0.2) is 5.38 Å². The van der Waals surface area contributed by atoms with E-state index >= 15 is 0 Å². The van der Waals surface area contributed by atoms with Crippen LogP contribution in [-0.4, -0.2) is 27.5 Å². The molecule has 0 radical (unpaired) electrons. The first-order chi connectivity index (χ1) is 8.74. The number of thiophene rings is 1. The van der Waals surface area contributed by atoms with E-state index in [4.69, 9.17) is 0 Å². The van der Waals surface area contributed by atoms with Gasteiger partial charge in [0.2, 0.25) is 0 Å². The number of hydrogen-bond donors (Lipinski definition) is 1. The maximum absolute atomic E-state index is 4.60. The molecule has 0 saturated carbocycles. The van der Waals surface area contributed by atoms with E-state index in [1.165, 1.54) is 35.3 Å². The minimum atomic E-state index is 0.556. The van der Waals surface area contributed by atoms with Gasteiger partial charge in [-0.15, -0.1) is 11.3 Å². The van der Waals surface area contributed by atoms with Gasteiger partial charge in [0, 0.05) is 11.8 Å². The van der Waals surface area contributed by atoms with E-state index < -0.39 is 0 Å². The predicted octanol–water partition coefficient (Wildman–Crippen LogP) is 3.62. The topological polar surface area (TPSA) is 37.8 Å². The van der Waals surface area contributed by atoms with Crippen LogP contribution in [0.4, 0.5) is 5.82 Å². The third-order valence-corrected chi connectivity index (χ3v) is 5.44. The lowest BCUT2D eigenvalue weighted by Gasteiger charge is -2.23. The molecule has 0 amide bonds. The van der Waals surface area contributed by atoms with E-state index in [0.29, 0.717) is 6.04 Å². The van der Waals surface area contributed by atoms with Gasteiger partial charge in [-0.25, -0.2) is 9.97 Å². The zero-order valence-corrected chi connectivity index (χ0v) is 12.3. The fourth-order valence-electron chi connectivity index (χ4n) is 2.34. The fraction of sp³-hybridized carbons (Fsp3) is 0.538. The second-order valence-electron chi connectivity index (χ2n) is 4.78. The molecule has 0 bridgehead atoms. The molecule has 1 aliphatic rings. The first kappa shape index (κ1) is 12.2. The highest BCUT2D eigenvalue weighted by Gasteiger charge is 2.17. The second-order valence-corrected chi connectivity index (χ2v) is 6.78. The second kappa shape index (κ2) is 5.05. The molecule has 3 rings (SSSR count). The Hall–Kier alpha value is -0.810. The molecular weight excluding hydrogens is 262 g/mol. The van der Waals surface area contributed by atoms with Crippen molar-refractivity contribution in [1.82, 2.24) is 9.97 Å². The van der Waals surface area contributed by atoms with Gasteiger partial charge in [0.1, 0.15) is 16.5 Å². The van der Waals surface area contributed by atoms with E-state index in [0.717, 1.165) is 16.5 Å². The van der Waals surface area contributed by atoms with Gasteiger partial charge in [-0.3, -0.25) is 0 Å². The Balaban J connectivity index is 1.96. The zero-order valence-electron chi connectivity index (χ0n) is 10.7. The summed E-state index contributed by atoms with van der Waals surface area (Å²) >= 11 is 3.74. The lowest BCUT2D eigenvalue weighted by atomic mass is 10.1. The van der Waals surface area contributed by atoms with Crippen LogP contribution in [0.2, 0.25) is 0 Å². The van der Waals surface area contributed by atoms with Crippen LogP contribution in [-0.2, 0) is 0 Å². The van der Waals surface area contributed by atoms with Gasteiger partial charge in [-0.05, 0) is 43.4 Å². The number of thioether (sulfide) groups is 1. The van der Waals surface area contributed by atoms with Crippen molar-refractivity contribution in [3.05, 3.63) is 16.8 Å². The average Bonchev–Trinajstić information content (AvgIpc) is 2.72. The SMILES string of the molecule is Cc1nc(NC2CCCSC2)c2c(C)csc2n1. The third kappa shape index (κ3) is 2.34. The molecule has 1 fully saturated rings. The minimum absolute atomic E-state index is 0.556. The zero-order chi connectivity index (χ0) is 12.5. The van der Waals surface area contributed by atoms with Crippen molar-refractivity contribution in [2.75, 3.05) is 16.8 Å². The van der Waals surface area contributed by atoms with Crippen molar-refractivity contribution < 1.29 is 0 Å². The molecule has 0 spiro atoms. The van der Waals surface area contributed by atoms with Crippen LogP contribution >= 0.6 is 23.1 Å². The van der Waals surface area contributed by atoms with Crippen molar-refractivity contribution >= 4 is 39.1 Å². The first-order valence-electron chi connectivity index (χ1n) is 6.31. The molecule has 0 aromatic carbocycles. The lowest BCUT2D eigenvalue weighted by Crippen LogP contribution is -2.26. The van der Waals surface area contributed by atoms with Gasteiger partial charge in [0.25, 0.3) is 0 Å². The Bertz CT molecular complexity index is 559. The Kier molecular flexibility index (Phi) is 3.43. The molecule has 96 valence electrons. The van der Waals surface area contributed by atoms with Crippen LogP contribution in [0.3, 0.4) is 0 Å². The quantitative estimate of drug-likeness (QED) is 0.911. The Morgan fingerprint density at radius 3 is 3.00 bits per heavy atom. The summed E-state index contributed by atoms with van der Waals surface area (Å²) in [4.78, 5) is 10.2. The maximum Gasteiger partial charge on any atom is 0.139 e. The summed E-state index contributed by atoms with van der Waals surface area (Å²) in [5.74, 6) is 4.38. The van der Waals surface area contributed by atoms with E-state index in [9.17, 15) is 0 Å². The van der Waals surface area contributed by atoms with E-state index in [1.807, 2.05) is 18.7 Å². The molecule has 2 aromatic heterocycles. The molecule has 0 aliphatic carbocycles. The number of nitrogens with one attached hydrogen (secondary N) is 1. The van der Waals surface area contributed by atoms with Gasteiger partial charge in [0.15, 0.2) is 0 Å². The van der Waals surface area contributed by atoms with Crippen molar-refractivity contribution in [1.29, 1.82) is 0 Å². The van der Waals surface area contributed by atoms with Gasteiger partial charge in [-0.1, -0.05) is 0 Å². The molecule has 5 heteroatoms. The monoisotopic (exact) mass is 279 g/mol. The highest BCUT2D eigenvalue weighted by atomic mass is 32.2. The fourth-order valence-corrected chi connectivity index (χ4v) is 4.38. The lowest BCUT2D eigenvalue weighted by molar-refractivity contribution is 0.682. The molecule has 18 heavy (non-hydrogen) atoms. The van der Waals surface area contributed by atoms with Crippen LogP contribution in [0.5, 0.6) is 0 Å². The van der Waals surface area contributed by atoms with E-state index in [-0.39, 0.29) is 0 Å². The summed E-state index contributed by atoms with van der Waals surface area (Å²) in [6.45, 7) is 4.10. The number of aryl methyl sites for hydroxylation is 2. The molecule has 2 aromatic rings. The standard InChI is InChI=1S/C13H17N3S2/c1-8-6-18-13-11(8)12(14-9(2)15-13)16-10-4-3-5-17-7-10/h6,10H,3-5,7H2,1-2H3,(H,14,15,16). The van der Waals surface area contributed by atoms with Crippen molar-refractivity contribution in [3.63, 3.8) is 0 Å². The normalized spacial score (nSPS) is 20.2. The molecule has 1 saturated heterocycles. The first-order valence-corrected chi connectivity index (χ1v) is 8.34. The molecule has 1 N–H and O–H groups in total. The third-order valence-electron chi connectivity index (χ3n) is 3.23. The summed E-state index contributed by atoms with van der Waals surface area (Å²) in [7, 11) is 0. The smallest absolute Gasteiger partial charge is 0.139 e. The number of hydrogen-bond acceptors (Lipinski definition) is 5. The van der Waals surface area contributed by atoms with E-state index in [1.54, 1.807) is 11.3 Å².